The Labute approximate surface area is 98.0 Å². The summed E-state index contributed by atoms with van der Waals surface area (Å²) in [6.07, 6.45) is 1.95. The molecule has 3 nitrogen and oxygen atoms in total. The maximum atomic E-state index is 6.02. The summed E-state index contributed by atoms with van der Waals surface area (Å²) in [6.45, 7) is 1.39. The van der Waals surface area contributed by atoms with Crippen LogP contribution in [0.5, 0.6) is 5.75 Å². The second kappa shape index (κ2) is 3.92. The highest BCUT2D eigenvalue weighted by atomic mass is 35.5. The largest absolute Gasteiger partial charge is 0.489 e. The molecule has 1 aromatic carbocycles. The van der Waals surface area contributed by atoms with Gasteiger partial charge in [-0.3, -0.25) is 4.98 Å². The molecule has 3 rings (SSSR count). The van der Waals surface area contributed by atoms with Crippen LogP contribution in [0.3, 0.4) is 0 Å². The molecule has 1 aromatic heterocycles. The summed E-state index contributed by atoms with van der Waals surface area (Å²) < 4.78 is 10.6. The van der Waals surface area contributed by atoms with Crippen LogP contribution in [0.25, 0.3) is 10.9 Å². The number of fused-ring (bicyclic) bond motifs is 1. The van der Waals surface area contributed by atoms with Crippen LogP contribution in [0, 0.1) is 0 Å². The number of epoxide rings is 1. The normalized spacial score (nSPS) is 18.7. The molecule has 0 bridgehead atoms. The van der Waals surface area contributed by atoms with Crippen LogP contribution in [0.15, 0.2) is 30.5 Å². The molecule has 1 atom stereocenters. The zero-order valence-electron chi connectivity index (χ0n) is 8.52. The van der Waals surface area contributed by atoms with E-state index in [4.69, 9.17) is 21.1 Å². The fourth-order valence-electron chi connectivity index (χ4n) is 1.54. The summed E-state index contributed by atoms with van der Waals surface area (Å²) in [6, 6.07) is 7.64. The smallest absolute Gasteiger partial charge is 0.138 e. The molecule has 0 radical (unpaired) electrons. The van der Waals surface area contributed by atoms with E-state index in [1.807, 2.05) is 24.3 Å². The number of nitrogens with zero attached hydrogens (tertiary/aromatic N) is 1. The molecule has 1 unspecified atom stereocenters. The van der Waals surface area contributed by atoms with Crippen LogP contribution in [0.2, 0.25) is 5.02 Å². The molecule has 4 heteroatoms. The van der Waals surface area contributed by atoms with Gasteiger partial charge in [0, 0.05) is 5.39 Å². The summed E-state index contributed by atoms with van der Waals surface area (Å²) in [5.74, 6) is 0.755. The number of hydrogen-bond donors (Lipinski definition) is 0. The number of ether oxygens (including phenoxy) is 2. The van der Waals surface area contributed by atoms with Crippen molar-refractivity contribution in [3.8, 4) is 5.75 Å². The number of aromatic nitrogens is 1. The van der Waals surface area contributed by atoms with Gasteiger partial charge in [-0.05, 0) is 12.1 Å². The van der Waals surface area contributed by atoms with E-state index in [9.17, 15) is 0 Å². The van der Waals surface area contributed by atoms with E-state index in [1.54, 1.807) is 6.20 Å². The molecule has 0 N–H and O–H groups in total. The Kier molecular flexibility index (Phi) is 2.42. The van der Waals surface area contributed by atoms with Gasteiger partial charge in [0.05, 0.1) is 23.3 Å². The highest BCUT2D eigenvalue weighted by molar-refractivity contribution is 6.35. The average Bonchev–Trinajstić information content (AvgIpc) is 3.10. The lowest BCUT2D eigenvalue weighted by molar-refractivity contribution is 0.262. The molecule has 0 amide bonds. The minimum atomic E-state index is 0.259. The van der Waals surface area contributed by atoms with Crippen LogP contribution in [0.4, 0.5) is 0 Å². The lowest BCUT2D eigenvalue weighted by Gasteiger charge is -2.05. The van der Waals surface area contributed by atoms with E-state index < -0.39 is 0 Å². The van der Waals surface area contributed by atoms with Crippen LogP contribution < -0.4 is 4.74 Å². The second-order valence-corrected chi connectivity index (χ2v) is 4.16. The molecule has 1 aliphatic heterocycles. The van der Waals surface area contributed by atoms with E-state index >= 15 is 0 Å². The topological polar surface area (TPSA) is 34.6 Å². The fraction of sp³-hybridized carbons (Fsp3) is 0.250. The van der Waals surface area contributed by atoms with Crippen LogP contribution in [-0.2, 0) is 4.74 Å². The predicted molar refractivity (Wildman–Crippen MR) is 62.0 cm³/mol. The molecule has 1 saturated heterocycles. The molecular formula is C12H10ClNO2. The molecule has 2 heterocycles. The maximum absolute atomic E-state index is 6.02. The van der Waals surface area contributed by atoms with Crippen LogP contribution in [-0.4, -0.2) is 24.3 Å². The lowest BCUT2D eigenvalue weighted by atomic mass is 10.2. The number of rotatable bonds is 3. The van der Waals surface area contributed by atoms with E-state index in [0.29, 0.717) is 11.6 Å². The first-order chi connectivity index (χ1) is 7.83. The van der Waals surface area contributed by atoms with Gasteiger partial charge in [-0.2, -0.15) is 0 Å². The Morgan fingerprint density at radius 1 is 1.50 bits per heavy atom. The van der Waals surface area contributed by atoms with Gasteiger partial charge < -0.3 is 9.47 Å². The monoisotopic (exact) mass is 235 g/mol. The van der Waals surface area contributed by atoms with Gasteiger partial charge in [0.2, 0.25) is 0 Å². The molecule has 1 fully saturated rings. The molecule has 0 aliphatic carbocycles. The number of halogens is 1. The Hall–Kier alpha value is -1.32. The third-order valence-electron chi connectivity index (χ3n) is 2.47. The predicted octanol–water partition coefficient (Wildman–Crippen LogP) is 2.67. The van der Waals surface area contributed by atoms with Crippen molar-refractivity contribution in [2.24, 2.45) is 0 Å². The van der Waals surface area contributed by atoms with Gasteiger partial charge in [0.15, 0.2) is 0 Å². The Balaban J connectivity index is 1.89. The fourth-order valence-corrected chi connectivity index (χ4v) is 1.77. The van der Waals surface area contributed by atoms with Gasteiger partial charge in [-0.25, -0.2) is 0 Å². The summed E-state index contributed by atoms with van der Waals surface area (Å²) in [4.78, 5) is 4.28. The van der Waals surface area contributed by atoms with Crippen molar-refractivity contribution < 1.29 is 9.47 Å². The second-order valence-electron chi connectivity index (χ2n) is 3.75. The van der Waals surface area contributed by atoms with Crippen molar-refractivity contribution in [3.05, 3.63) is 35.5 Å². The first-order valence-electron chi connectivity index (χ1n) is 5.11. The van der Waals surface area contributed by atoms with Gasteiger partial charge >= 0.3 is 0 Å². The molecule has 0 saturated carbocycles. The number of para-hydroxylation sites is 1. The maximum Gasteiger partial charge on any atom is 0.138 e. The molecule has 16 heavy (non-hydrogen) atoms. The minimum Gasteiger partial charge on any atom is -0.489 e. The van der Waals surface area contributed by atoms with Gasteiger partial charge in [-0.15, -0.1) is 0 Å². The zero-order valence-corrected chi connectivity index (χ0v) is 9.28. The SMILES string of the molecule is Clc1cccc2cc(OCC3CO3)cnc12. The molecule has 2 aromatic rings. The van der Waals surface area contributed by atoms with Crippen LogP contribution in [0.1, 0.15) is 0 Å². The van der Waals surface area contributed by atoms with Gasteiger partial charge in [0.25, 0.3) is 0 Å². The average molecular weight is 236 g/mol. The van der Waals surface area contributed by atoms with Crippen molar-refractivity contribution in [3.63, 3.8) is 0 Å². The first kappa shape index (κ1) is 9.87. The van der Waals surface area contributed by atoms with E-state index in [2.05, 4.69) is 4.98 Å². The van der Waals surface area contributed by atoms with E-state index in [-0.39, 0.29) is 6.10 Å². The van der Waals surface area contributed by atoms with Crippen molar-refractivity contribution in [1.29, 1.82) is 0 Å². The van der Waals surface area contributed by atoms with E-state index in [0.717, 1.165) is 23.3 Å². The summed E-state index contributed by atoms with van der Waals surface area (Å²) in [5, 5.41) is 1.65. The quantitative estimate of drug-likeness (QED) is 0.768. The van der Waals surface area contributed by atoms with Gasteiger partial charge in [0.1, 0.15) is 18.5 Å². The Morgan fingerprint density at radius 3 is 3.19 bits per heavy atom. The first-order valence-corrected chi connectivity index (χ1v) is 5.49. The molecule has 0 spiro atoms. The van der Waals surface area contributed by atoms with Crippen molar-refractivity contribution in [2.75, 3.05) is 13.2 Å². The molecular weight excluding hydrogens is 226 g/mol. The third kappa shape index (κ3) is 1.96. The van der Waals surface area contributed by atoms with Gasteiger partial charge in [-0.1, -0.05) is 23.7 Å². The van der Waals surface area contributed by atoms with Crippen molar-refractivity contribution in [2.45, 2.75) is 6.10 Å². The molecule has 1 aliphatic rings. The van der Waals surface area contributed by atoms with Crippen molar-refractivity contribution >= 4 is 22.5 Å². The summed E-state index contributed by atoms with van der Waals surface area (Å²) in [7, 11) is 0. The lowest BCUT2D eigenvalue weighted by Crippen LogP contribution is -2.04. The van der Waals surface area contributed by atoms with Crippen molar-refractivity contribution in [1.82, 2.24) is 4.98 Å². The third-order valence-corrected chi connectivity index (χ3v) is 2.78. The highest BCUT2D eigenvalue weighted by Gasteiger charge is 2.23. The van der Waals surface area contributed by atoms with Crippen LogP contribution >= 0.6 is 11.6 Å². The Bertz CT molecular complexity index is 525. The minimum absolute atomic E-state index is 0.259. The highest BCUT2D eigenvalue weighted by Crippen LogP contribution is 2.24. The van der Waals surface area contributed by atoms with E-state index in [1.165, 1.54) is 0 Å². The standard InChI is InChI=1S/C12H10ClNO2/c13-11-3-1-2-8-4-9(5-14-12(8)11)15-6-10-7-16-10/h1-5,10H,6-7H2. The molecule has 82 valence electrons. The number of benzene rings is 1. The Morgan fingerprint density at radius 2 is 2.38 bits per heavy atom. The number of pyridine rings is 1. The summed E-state index contributed by atoms with van der Waals surface area (Å²) in [5.41, 5.74) is 0.805. The zero-order chi connectivity index (χ0) is 11.0. The summed E-state index contributed by atoms with van der Waals surface area (Å²) >= 11 is 6.02. The number of hydrogen-bond acceptors (Lipinski definition) is 3.